The number of nitrogens with zero attached hydrogens (tertiary/aromatic N) is 4. The van der Waals surface area contributed by atoms with E-state index in [1.54, 1.807) is 11.3 Å². The molecular formula is C35H35ClN8O5S. The van der Waals surface area contributed by atoms with Gasteiger partial charge in [-0.2, -0.15) is 0 Å². The Labute approximate surface area is 297 Å². The Morgan fingerprint density at radius 2 is 1.82 bits per heavy atom. The number of esters is 1. The first-order valence-corrected chi connectivity index (χ1v) is 16.8. The van der Waals surface area contributed by atoms with Crippen molar-refractivity contribution in [3.63, 3.8) is 0 Å². The first kappa shape index (κ1) is 35.9. The summed E-state index contributed by atoms with van der Waals surface area (Å²) in [6.07, 6.45) is 0.471. The number of fused-ring (bicyclic) bond motifs is 3. The largest absolute Gasteiger partial charge is 0.465 e. The molecule has 0 fully saturated rings. The van der Waals surface area contributed by atoms with Gasteiger partial charge in [-0.05, 0) is 63.1 Å². The minimum absolute atomic E-state index is 0.0180. The van der Waals surface area contributed by atoms with Gasteiger partial charge in [-0.1, -0.05) is 35.6 Å². The highest BCUT2D eigenvalue weighted by atomic mass is 35.5. The fourth-order valence-corrected chi connectivity index (χ4v) is 6.66. The lowest BCUT2D eigenvalue weighted by Gasteiger charge is -2.13. The molecule has 15 heteroatoms. The summed E-state index contributed by atoms with van der Waals surface area (Å²) in [4.78, 5) is 55.7. The summed E-state index contributed by atoms with van der Waals surface area (Å²) < 4.78 is 6.77. The van der Waals surface area contributed by atoms with Gasteiger partial charge < -0.3 is 26.8 Å². The smallest absolute Gasteiger partial charge is 0.339 e. The van der Waals surface area contributed by atoms with Crippen LogP contribution in [0, 0.1) is 32.6 Å². The van der Waals surface area contributed by atoms with Crippen LogP contribution in [0.1, 0.15) is 74.4 Å². The molecule has 6 N–H and O–H groups in total. The molecule has 4 aromatic rings. The topological polar surface area (TPSA) is 197 Å². The molecule has 5 rings (SSSR count). The molecule has 0 bridgehead atoms. The number of hydrogen-bond acceptors (Lipinski definition) is 10. The van der Waals surface area contributed by atoms with Crippen LogP contribution in [0.4, 0.5) is 5.69 Å². The Hall–Kier alpha value is -5.36. The number of thiophene rings is 1. The van der Waals surface area contributed by atoms with E-state index in [9.17, 15) is 19.2 Å². The van der Waals surface area contributed by atoms with E-state index >= 15 is 0 Å². The fraction of sp³-hybridized carbons (Fsp3) is 0.286. The summed E-state index contributed by atoms with van der Waals surface area (Å²) in [5.74, 6) is 4.36. The minimum atomic E-state index is -1.24. The summed E-state index contributed by atoms with van der Waals surface area (Å²) in [5.41, 5.74) is 15.1. The molecule has 2 atom stereocenters. The van der Waals surface area contributed by atoms with E-state index in [2.05, 4.69) is 46.5 Å². The van der Waals surface area contributed by atoms with Gasteiger partial charge in [0, 0.05) is 45.2 Å². The number of benzene rings is 2. The molecule has 2 aromatic heterocycles. The second-order valence-electron chi connectivity index (χ2n) is 11.5. The average Bonchev–Trinajstić information content (AvgIpc) is 3.57. The third-order valence-corrected chi connectivity index (χ3v) is 9.46. The second kappa shape index (κ2) is 15.5. The van der Waals surface area contributed by atoms with Gasteiger partial charge in [0.2, 0.25) is 17.7 Å². The van der Waals surface area contributed by atoms with Gasteiger partial charge in [-0.15, -0.1) is 21.5 Å². The van der Waals surface area contributed by atoms with Gasteiger partial charge in [0.25, 0.3) is 0 Å². The average molecular weight is 715 g/mol. The van der Waals surface area contributed by atoms with Crippen LogP contribution < -0.4 is 22.1 Å². The number of rotatable bonds is 10. The van der Waals surface area contributed by atoms with E-state index < -0.39 is 24.0 Å². The Balaban J connectivity index is 1.25. The van der Waals surface area contributed by atoms with Gasteiger partial charge in [0.05, 0.1) is 24.8 Å². The number of aliphatic imine (C=N–C) groups is 1. The zero-order chi connectivity index (χ0) is 36.1. The highest BCUT2D eigenvalue weighted by Gasteiger charge is 2.32. The first-order valence-electron chi connectivity index (χ1n) is 15.6. The molecule has 2 aromatic carbocycles. The Kier molecular flexibility index (Phi) is 11.1. The highest BCUT2D eigenvalue weighted by Crippen LogP contribution is 2.39. The van der Waals surface area contributed by atoms with E-state index in [0.29, 0.717) is 28.8 Å². The van der Waals surface area contributed by atoms with Crippen LogP contribution >= 0.6 is 22.9 Å². The number of nitrogens with one attached hydrogen (secondary N) is 2. The molecule has 3 heterocycles. The van der Waals surface area contributed by atoms with E-state index in [1.165, 1.54) is 25.3 Å². The van der Waals surface area contributed by atoms with Crippen LogP contribution in [0.3, 0.4) is 0 Å². The second-order valence-corrected chi connectivity index (χ2v) is 13.2. The van der Waals surface area contributed by atoms with Gasteiger partial charge in [0.1, 0.15) is 22.9 Å². The predicted molar refractivity (Wildman–Crippen MR) is 191 cm³/mol. The molecule has 1 aliphatic heterocycles. The highest BCUT2D eigenvalue weighted by molar-refractivity contribution is 7.15. The minimum Gasteiger partial charge on any atom is -0.465 e. The lowest BCUT2D eigenvalue weighted by Crippen LogP contribution is -2.34. The molecule has 258 valence electrons. The molecule has 0 aliphatic carbocycles. The molecule has 1 unspecified atom stereocenters. The van der Waals surface area contributed by atoms with Crippen molar-refractivity contribution >= 4 is 58.0 Å². The number of aromatic nitrogens is 3. The number of anilines is 1. The van der Waals surface area contributed by atoms with E-state index in [1.807, 2.05) is 35.8 Å². The molecule has 13 nitrogen and oxygen atoms in total. The molecule has 0 saturated heterocycles. The number of hydrogen-bond donors (Lipinski definition) is 4. The van der Waals surface area contributed by atoms with Crippen LogP contribution in [0.2, 0.25) is 5.02 Å². The SMILES string of the molecule is COC(=O)c1ccc(NC(=O)CCCNC(=O)C[C@@H]2N=C(c3ccc(Cl)cc3)c3c(sc(C)c3C)-n3c(C)nnc32)cc1C#CC(N)C(N)=O. The molecule has 0 saturated carbocycles. The Morgan fingerprint density at radius 3 is 2.52 bits per heavy atom. The summed E-state index contributed by atoms with van der Waals surface area (Å²) in [6.45, 7) is 6.25. The van der Waals surface area contributed by atoms with Crippen molar-refractivity contribution in [1.82, 2.24) is 20.1 Å². The van der Waals surface area contributed by atoms with E-state index in [4.69, 9.17) is 32.8 Å². The maximum atomic E-state index is 13.3. The van der Waals surface area contributed by atoms with Crippen LogP contribution in [0.5, 0.6) is 0 Å². The van der Waals surface area contributed by atoms with Gasteiger partial charge >= 0.3 is 5.97 Å². The number of nitrogens with two attached hydrogens (primary N) is 2. The third kappa shape index (κ3) is 7.92. The Bertz CT molecular complexity index is 2080. The summed E-state index contributed by atoms with van der Waals surface area (Å²) in [7, 11) is 1.22. The van der Waals surface area contributed by atoms with Crippen molar-refractivity contribution in [2.75, 3.05) is 19.0 Å². The number of halogens is 1. The molecule has 1 aliphatic rings. The number of ether oxygens (including phenoxy) is 1. The van der Waals surface area contributed by atoms with Gasteiger partial charge in [0.15, 0.2) is 5.82 Å². The van der Waals surface area contributed by atoms with Crippen molar-refractivity contribution < 1.29 is 23.9 Å². The van der Waals surface area contributed by atoms with Crippen molar-refractivity contribution in [3.8, 4) is 16.8 Å². The molecular weight excluding hydrogens is 680 g/mol. The fourth-order valence-electron chi connectivity index (χ4n) is 5.32. The first-order chi connectivity index (χ1) is 23.9. The summed E-state index contributed by atoms with van der Waals surface area (Å²) >= 11 is 7.83. The zero-order valence-electron chi connectivity index (χ0n) is 27.8. The number of carbonyl (C=O) groups is 4. The van der Waals surface area contributed by atoms with Gasteiger partial charge in [-0.3, -0.25) is 23.9 Å². The van der Waals surface area contributed by atoms with Crippen LogP contribution in [-0.2, 0) is 19.1 Å². The van der Waals surface area contributed by atoms with Crippen molar-refractivity contribution in [2.45, 2.75) is 52.1 Å². The van der Waals surface area contributed by atoms with Crippen LogP contribution in [-0.4, -0.2) is 63.9 Å². The van der Waals surface area contributed by atoms with Crippen molar-refractivity contribution in [3.05, 3.63) is 91.8 Å². The van der Waals surface area contributed by atoms with Crippen molar-refractivity contribution in [2.24, 2.45) is 16.5 Å². The molecule has 50 heavy (non-hydrogen) atoms. The Morgan fingerprint density at radius 1 is 1.08 bits per heavy atom. The lowest BCUT2D eigenvalue weighted by molar-refractivity contribution is -0.122. The number of aryl methyl sites for hydroxylation is 2. The standard InChI is InChI=1S/C35H35ClN8O5S/c1-18-19(2)50-34-30(18)31(21-7-10-23(36)11-8-21)41-27(33-43-42-20(3)44(33)34)17-29(46)39-15-5-6-28(45)40-24-12-13-25(35(48)49-4)22(16-24)9-14-26(37)32(38)47/h7-8,10-13,16,26-27H,5-6,15,17,37H2,1-4H3,(H2,38,47)(H,39,46)(H,40,45)/t26?,27-/m0/s1. The van der Waals surface area contributed by atoms with Crippen LogP contribution in [0.25, 0.3) is 5.00 Å². The number of primary amides is 1. The molecule has 0 spiro atoms. The third-order valence-electron chi connectivity index (χ3n) is 8.02. The van der Waals surface area contributed by atoms with E-state index in [0.717, 1.165) is 32.3 Å². The predicted octanol–water partition coefficient (Wildman–Crippen LogP) is 3.68. The lowest BCUT2D eigenvalue weighted by atomic mass is 9.99. The summed E-state index contributed by atoms with van der Waals surface area (Å²) in [6, 6.07) is 10.0. The van der Waals surface area contributed by atoms with Gasteiger partial charge in [-0.25, -0.2) is 4.79 Å². The normalized spacial score (nSPS) is 13.8. The van der Waals surface area contributed by atoms with Crippen molar-refractivity contribution in [1.29, 1.82) is 0 Å². The van der Waals surface area contributed by atoms with Crippen LogP contribution in [0.15, 0.2) is 47.5 Å². The number of amides is 3. The monoisotopic (exact) mass is 714 g/mol. The maximum absolute atomic E-state index is 13.3. The molecule has 0 radical (unpaired) electrons. The summed E-state index contributed by atoms with van der Waals surface area (Å²) in [5, 5.41) is 16.0. The maximum Gasteiger partial charge on any atom is 0.339 e. The zero-order valence-corrected chi connectivity index (χ0v) is 29.4. The van der Waals surface area contributed by atoms with E-state index in [-0.39, 0.29) is 42.3 Å². The number of methoxy groups -OCH3 is 1. The molecule has 3 amide bonds. The number of carbonyl (C=O) groups excluding carboxylic acids is 4. The quantitative estimate of drug-likeness (QED) is 0.108.